The minimum atomic E-state index is -0.558. The maximum absolute atomic E-state index is 10.9. The van der Waals surface area contributed by atoms with Gasteiger partial charge < -0.3 is 33.5 Å². The summed E-state index contributed by atoms with van der Waals surface area (Å²) in [6, 6.07) is 0. The fourth-order valence-electron chi connectivity index (χ4n) is 5.38. The Bertz CT molecular complexity index is 632. The molecule has 0 aromatic carbocycles. The molecule has 0 aromatic rings. The molecule has 1 aliphatic carbocycles. The topological polar surface area (TPSA) is 75.6 Å². The van der Waals surface area contributed by atoms with Crippen molar-refractivity contribution in [2.45, 2.75) is 83.5 Å². The van der Waals surface area contributed by atoms with Crippen LogP contribution in [0.25, 0.3) is 0 Å². The van der Waals surface area contributed by atoms with E-state index in [4.69, 9.17) is 28.4 Å². The van der Waals surface area contributed by atoms with E-state index in [1.54, 1.807) is 35.5 Å². The van der Waals surface area contributed by atoms with Gasteiger partial charge >= 0.3 is 0 Å². The summed E-state index contributed by atoms with van der Waals surface area (Å²) >= 11 is 0. The van der Waals surface area contributed by atoms with Gasteiger partial charge in [-0.25, -0.2) is 0 Å². The predicted octanol–water partition coefficient (Wildman–Crippen LogP) is 3.60. The van der Waals surface area contributed by atoms with Gasteiger partial charge in [0.15, 0.2) is 6.29 Å². The first-order valence-electron chi connectivity index (χ1n) is 12.1. The molecule has 33 heavy (non-hydrogen) atoms. The average molecular weight is 471 g/mol. The van der Waals surface area contributed by atoms with Crippen LogP contribution in [-0.4, -0.2) is 83.6 Å². The Morgan fingerprint density at radius 3 is 2.12 bits per heavy atom. The van der Waals surface area contributed by atoms with Crippen LogP contribution in [0.1, 0.15) is 40.5 Å². The van der Waals surface area contributed by atoms with Crippen molar-refractivity contribution >= 4 is 0 Å². The average Bonchev–Trinajstić information content (AvgIpc) is 3.63. The molecule has 0 unspecified atom stereocenters. The molecular weight excluding hydrogens is 424 g/mol. The van der Waals surface area contributed by atoms with Crippen molar-refractivity contribution in [3.05, 3.63) is 23.8 Å². The Morgan fingerprint density at radius 1 is 0.970 bits per heavy atom. The summed E-state index contributed by atoms with van der Waals surface area (Å²) in [4.78, 5) is 0. The molecular formula is C26H46O7. The third-order valence-electron chi connectivity index (χ3n) is 7.60. The van der Waals surface area contributed by atoms with Crippen LogP contribution in [0.5, 0.6) is 0 Å². The van der Waals surface area contributed by atoms with Gasteiger partial charge in [0.05, 0.1) is 12.2 Å². The minimum Gasteiger partial charge on any atom is -0.392 e. The number of rotatable bonds is 13. The third kappa shape index (κ3) is 6.66. The van der Waals surface area contributed by atoms with Crippen LogP contribution in [0, 0.1) is 23.7 Å². The second kappa shape index (κ2) is 13.3. The van der Waals surface area contributed by atoms with Gasteiger partial charge in [-0.15, -0.1) is 0 Å². The van der Waals surface area contributed by atoms with E-state index >= 15 is 0 Å². The van der Waals surface area contributed by atoms with Crippen LogP contribution in [0.15, 0.2) is 23.8 Å². The van der Waals surface area contributed by atoms with E-state index in [1.165, 1.54) is 0 Å². The van der Waals surface area contributed by atoms with E-state index in [2.05, 4.69) is 26.8 Å². The summed E-state index contributed by atoms with van der Waals surface area (Å²) in [5.74, 6) is 1.39. The van der Waals surface area contributed by atoms with Crippen LogP contribution in [0.2, 0.25) is 0 Å². The van der Waals surface area contributed by atoms with Crippen LogP contribution >= 0.6 is 0 Å². The van der Waals surface area contributed by atoms with E-state index in [0.29, 0.717) is 17.8 Å². The molecule has 192 valence electrons. The highest BCUT2D eigenvalue weighted by Gasteiger charge is 2.49. The first kappa shape index (κ1) is 28.4. The van der Waals surface area contributed by atoms with Crippen molar-refractivity contribution in [2.24, 2.45) is 23.7 Å². The van der Waals surface area contributed by atoms with Gasteiger partial charge in [0.25, 0.3) is 0 Å². The SMILES string of the molecule is CC[C@H](OC)[C@@H](C)[C@@H]1C[C@H]1[C@H](O)[C@@H](C)/C=C/C=C(\C)[C@@H]1O[C@H](OC)[C@H](OC)[C@@H](OC)[C@H]1OC. The molecule has 7 nitrogen and oxygen atoms in total. The van der Waals surface area contributed by atoms with Gasteiger partial charge in [-0.2, -0.15) is 0 Å². The van der Waals surface area contributed by atoms with E-state index in [1.807, 2.05) is 19.1 Å². The molecule has 2 aliphatic rings. The zero-order chi connectivity index (χ0) is 24.7. The van der Waals surface area contributed by atoms with Gasteiger partial charge in [0, 0.05) is 41.5 Å². The molecule has 0 radical (unpaired) electrons. The van der Waals surface area contributed by atoms with Crippen molar-refractivity contribution in [2.75, 3.05) is 35.5 Å². The zero-order valence-electron chi connectivity index (χ0n) is 21.9. The largest absolute Gasteiger partial charge is 0.392 e. The molecule has 0 spiro atoms. The smallest absolute Gasteiger partial charge is 0.186 e. The van der Waals surface area contributed by atoms with E-state index in [0.717, 1.165) is 18.4 Å². The molecule has 1 saturated heterocycles. The first-order chi connectivity index (χ1) is 15.8. The lowest BCUT2D eigenvalue weighted by molar-refractivity contribution is -0.295. The Kier molecular flexibility index (Phi) is 11.5. The maximum Gasteiger partial charge on any atom is 0.186 e. The first-order valence-corrected chi connectivity index (χ1v) is 12.1. The van der Waals surface area contributed by atoms with Crippen molar-refractivity contribution in [3.63, 3.8) is 0 Å². The van der Waals surface area contributed by atoms with Gasteiger partial charge in [0.2, 0.25) is 0 Å². The monoisotopic (exact) mass is 470 g/mol. The Hall–Kier alpha value is -0.800. The minimum absolute atomic E-state index is 0.0562. The Labute approximate surface area is 200 Å². The summed E-state index contributed by atoms with van der Waals surface area (Å²) < 4.78 is 34.2. The summed E-state index contributed by atoms with van der Waals surface area (Å²) in [7, 11) is 8.27. The lowest BCUT2D eigenvalue weighted by atomic mass is 9.91. The van der Waals surface area contributed by atoms with Crippen molar-refractivity contribution < 1.29 is 33.5 Å². The maximum atomic E-state index is 10.9. The molecule has 0 amide bonds. The summed E-state index contributed by atoms with van der Waals surface area (Å²) in [5, 5.41) is 10.9. The van der Waals surface area contributed by atoms with Crippen LogP contribution in [0.3, 0.4) is 0 Å². The molecule has 7 heteroatoms. The van der Waals surface area contributed by atoms with Crippen LogP contribution < -0.4 is 0 Å². The number of allylic oxidation sites excluding steroid dienone is 2. The predicted molar refractivity (Wildman–Crippen MR) is 128 cm³/mol. The summed E-state index contributed by atoms with van der Waals surface area (Å²) in [5.41, 5.74) is 0.988. The fourth-order valence-corrected chi connectivity index (χ4v) is 5.38. The van der Waals surface area contributed by atoms with Crippen LogP contribution in [0.4, 0.5) is 0 Å². The van der Waals surface area contributed by atoms with Gasteiger partial charge in [-0.1, -0.05) is 39.0 Å². The highest BCUT2D eigenvalue weighted by Crippen LogP contribution is 2.49. The number of aliphatic hydroxyl groups excluding tert-OH is 1. The van der Waals surface area contributed by atoms with Crippen molar-refractivity contribution in [3.8, 4) is 0 Å². The number of methoxy groups -OCH3 is 5. The van der Waals surface area contributed by atoms with Gasteiger partial charge in [-0.3, -0.25) is 0 Å². The molecule has 1 saturated carbocycles. The Morgan fingerprint density at radius 2 is 1.61 bits per heavy atom. The normalized spacial score (nSPS) is 36.5. The number of ether oxygens (including phenoxy) is 6. The molecule has 2 fully saturated rings. The molecule has 1 heterocycles. The van der Waals surface area contributed by atoms with E-state index < -0.39 is 6.29 Å². The molecule has 11 atom stereocenters. The Balaban J connectivity index is 2.02. The molecule has 0 bridgehead atoms. The van der Waals surface area contributed by atoms with Gasteiger partial charge in [0.1, 0.15) is 24.4 Å². The third-order valence-corrected chi connectivity index (χ3v) is 7.60. The molecule has 1 aliphatic heterocycles. The summed E-state index contributed by atoms with van der Waals surface area (Å²) in [6.45, 7) is 8.47. The highest BCUT2D eigenvalue weighted by atomic mass is 16.7. The highest BCUT2D eigenvalue weighted by molar-refractivity contribution is 5.19. The number of hydrogen-bond donors (Lipinski definition) is 1. The fraction of sp³-hybridized carbons (Fsp3) is 0.846. The van der Waals surface area contributed by atoms with Crippen molar-refractivity contribution in [1.29, 1.82) is 0 Å². The lowest BCUT2D eigenvalue weighted by Gasteiger charge is -2.44. The van der Waals surface area contributed by atoms with Gasteiger partial charge in [-0.05, 0) is 43.1 Å². The second-order valence-electron chi connectivity index (χ2n) is 9.51. The summed E-state index contributed by atoms with van der Waals surface area (Å²) in [6.07, 6.45) is 6.10. The van der Waals surface area contributed by atoms with Crippen molar-refractivity contribution in [1.82, 2.24) is 0 Å². The lowest BCUT2D eigenvalue weighted by Crippen LogP contribution is -2.60. The molecule has 2 rings (SSSR count). The molecule has 0 aromatic heterocycles. The number of aliphatic hydroxyl groups is 1. The quantitative estimate of drug-likeness (QED) is 0.412. The van der Waals surface area contributed by atoms with Crippen LogP contribution in [-0.2, 0) is 28.4 Å². The number of hydrogen-bond acceptors (Lipinski definition) is 7. The standard InChI is InChI=1S/C26H46O7/c1-10-20(28-5)17(4)18-14-19(18)21(27)15(2)12-11-13-16(3)22-23(29-6)24(30-7)25(31-8)26(32-9)33-22/h11-13,15,17-27H,10,14H2,1-9H3/b12-11+,16-13+/t15-,17-,18-,19+,20-,21+,22-,23-,24-,25+,26-/m0/s1. The van der Waals surface area contributed by atoms with E-state index in [-0.39, 0.29) is 42.5 Å². The zero-order valence-corrected chi connectivity index (χ0v) is 21.9. The second-order valence-corrected chi connectivity index (χ2v) is 9.51. The van der Waals surface area contributed by atoms with E-state index in [9.17, 15) is 5.11 Å². The molecule has 1 N–H and O–H groups in total.